The summed E-state index contributed by atoms with van der Waals surface area (Å²) in [6, 6.07) is 2.14. The van der Waals surface area contributed by atoms with Crippen molar-refractivity contribution in [3.8, 4) is 6.07 Å². The first-order valence-corrected chi connectivity index (χ1v) is 28.3. The number of rotatable bonds is 40. The van der Waals surface area contributed by atoms with Crippen LogP contribution in [0.3, 0.4) is 0 Å². The van der Waals surface area contributed by atoms with Gasteiger partial charge in [-0.05, 0) is 91.9 Å². The Morgan fingerprint density at radius 1 is 0.486 bits per heavy atom. The molecule has 0 aromatic heterocycles. The number of nitriles is 1. The summed E-state index contributed by atoms with van der Waals surface area (Å²) in [4.78, 5) is 64.5. The van der Waals surface area contributed by atoms with Crippen LogP contribution in [0.4, 0.5) is 0 Å². The summed E-state index contributed by atoms with van der Waals surface area (Å²) >= 11 is 0. The Balaban J connectivity index is -0.000000180. The second kappa shape index (κ2) is 65.5. The minimum atomic E-state index is -3.21. The lowest BCUT2D eigenvalue weighted by Gasteiger charge is -2.09. The number of aliphatic hydroxyl groups is 2. The molecule has 17 heteroatoms. The highest BCUT2D eigenvalue weighted by molar-refractivity contribution is 7.85. The molecule has 0 bridgehead atoms. The average Bonchev–Trinajstić information content (AvgIpc) is 3.29. The maximum Gasteiger partial charge on any atom is 0.305 e. The van der Waals surface area contributed by atoms with Crippen LogP contribution in [0.15, 0.2) is 0 Å². The summed E-state index contributed by atoms with van der Waals surface area (Å²) in [5.74, 6) is -2.24. The molecule has 0 aromatic rings. The predicted molar refractivity (Wildman–Crippen MR) is 279 cm³/mol. The molecule has 0 aliphatic carbocycles. The summed E-state index contributed by atoms with van der Waals surface area (Å²) in [6.07, 6.45) is 30.5. The Hall–Kier alpha value is -3.46. The molecule has 0 atom stereocenters. The Labute approximate surface area is 425 Å². The zero-order valence-corrected chi connectivity index (χ0v) is 46.2. The molecule has 0 saturated heterocycles. The maximum absolute atomic E-state index is 11.2. The highest BCUT2D eigenvalue weighted by atomic mass is 32.2. The van der Waals surface area contributed by atoms with Gasteiger partial charge in [-0.3, -0.25) is 33.0 Å². The van der Waals surface area contributed by atoms with Crippen LogP contribution in [-0.2, 0) is 52.5 Å². The predicted octanol–water partition coefficient (Wildman–Crippen LogP) is 12.0. The van der Waals surface area contributed by atoms with Gasteiger partial charge in [0.05, 0.1) is 38.1 Å². The normalized spacial score (nSPS) is 10.1. The van der Waals surface area contributed by atoms with E-state index in [1.165, 1.54) is 58.8 Å². The van der Waals surface area contributed by atoms with Gasteiger partial charge in [0, 0.05) is 45.3 Å². The third-order valence-corrected chi connectivity index (χ3v) is 10.6. The number of carbonyl (C=O) groups excluding carboxylic acids is 4. The van der Waals surface area contributed by atoms with Crippen molar-refractivity contribution in [1.29, 1.82) is 5.26 Å². The van der Waals surface area contributed by atoms with Gasteiger partial charge >= 0.3 is 23.9 Å². The lowest BCUT2D eigenvalue weighted by molar-refractivity contribution is -0.144. The molecule has 0 amide bonds. The number of hydrogen-bond donors (Lipinski definition) is 4. The van der Waals surface area contributed by atoms with Crippen molar-refractivity contribution >= 4 is 45.6 Å². The molecule has 0 radical (unpaired) electrons. The first kappa shape index (κ1) is 78.0. The van der Waals surface area contributed by atoms with Gasteiger partial charge < -0.3 is 29.9 Å². The Kier molecular flexibility index (Phi) is 73.0. The molecule has 4 N–H and O–H groups in total. The smallest absolute Gasteiger partial charge is 0.305 e. The number of unbranched alkanes of at least 4 members (excludes halogenated alkanes) is 21. The van der Waals surface area contributed by atoms with Crippen LogP contribution < -0.4 is 0 Å². The molecule has 70 heavy (non-hydrogen) atoms. The van der Waals surface area contributed by atoms with Gasteiger partial charge in [-0.15, -0.1) is 0 Å². The molecule has 16 nitrogen and oxygen atoms in total. The van der Waals surface area contributed by atoms with E-state index in [1.807, 2.05) is 6.92 Å². The van der Waals surface area contributed by atoms with Crippen molar-refractivity contribution in [3.63, 3.8) is 0 Å². The number of ketones is 2. The molecule has 0 aliphatic heterocycles. The van der Waals surface area contributed by atoms with Crippen molar-refractivity contribution in [2.45, 2.75) is 254 Å². The van der Waals surface area contributed by atoms with Gasteiger partial charge in [0.15, 0.2) is 0 Å². The van der Waals surface area contributed by atoms with Crippen LogP contribution in [-0.4, -0.2) is 104 Å². The van der Waals surface area contributed by atoms with Crippen molar-refractivity contribution in [2.75, 3.05) is 39.3 Å². The van der Waals surface area contributed by atoms with E-state index in [2.05, 4.69) is 31.0 Å². The molecule has 0 saturated carbocycles. The van der Waals surface area contributed by atoms with Crippen LogP contribution in [0.1, 0.15) is 254 Å². The molecule has 0 aromatic carbocycles. The molecule has 0 aliphatic rings. The van der Waals surface area contributed by atoms with Crippen LogP contribution in [0.2, 0.25) is 0 Å². The number of hydrogen-bond acceptors (Lipinski definition) is 14. The molecule has 0 heterocycles. The van der Waals surface area contributed by atoms with Crippen molar-refractivity contribution in [3.05, 3.63) is 0 Å². The SMILES string of the molecule is CCCCCCCC#N.CCCCCCCC(=O)OCC.CCCCCCOS(C)(=O)=O.CCOC(=O)CCCCCCC(C(C)=O)C(C)=O.O=C(O)CCCCCCCC(=O)O.OCCCCCO. The van der Waals surface area contributed by atoms with E-state index in [-0.39, 0.29) is 49.6 Å². The minimum absolute atomic E-state index is 0.0472. The molecular weight excluding hydrogens is 923 g/mol. The van der Waals surface area contributed by atoms with Gasteiger partial charge in [-0.1, -0.05) is 130 Å². The van der Waals surface area contributed by atoms with E-state index >= 15 is 0 Å². The Morgan fingerprint density at radius 3 is 1.14 bits per heavy atom. The number of Topliss-reactive ketones (excluding diaryl/α,β-unsaturated/α-hetero) is 2. The molecule has 416 valence electrons. The Morgan fingerprint density at radius 2 is 0.814 bits per heavy atom. The Bertz CT molecular complexity index is 1300. The van der Waals surface area contributed by atoms with Gasteiger partial charge in [0.1, 0.15) is 11.6 Å². The van der Waals surface area contributed by atoms with Crippen LogP contribution in [0.5, 0.6) is 0 Å². The average molecular weight is 1030 g/mol. The second-order valence-electron chi connectivity index (χ2n) is 17.0. The fraction of sp³-hybridized carbons (Fsp3) is 0.868. The van der Waals surface area contributed by atoms with Crippen LogP contribution >= 0.6 is 0 Å². The summed E-state index contributed by atoms with van der Waals surface area (Å²) in [6.45, 7) is 14.8. The van der Waals surface area contributed by atoms with Crippen molar-refractivity contribution in [2.24, 2.45) is 5.92 Å². The second-order valence-corrected chi connectivity index (χ2v) is 18.6. The van der Waals surface area contributed by atoms with Gasteiger partial charge in [0.2, 0.25) is 0 Å². The lowest BCUT2D eigenvalue weighted by atomic mass is 9.94. The van der Waals surface area contributed by atoms with E-state index in [0.29, 0.717) is 51.9 Å². The zero-order chi connectivity index (χ0) is 54.5. The number of aliphatic hydroxyl groups excluding tert-OH is 2. The fourth-order valence-electron chi connectivity index (χ4n) is 6.03. The van der Waals surface area contributed by atoms with Gasteiger partial charge in [-0.25, -0.2) is 0 Å². The highest BCUT2D eigenvalue weighted by Gasteiger charge is 2.18. The number of carbonyl (C=O) groups is 6. The van der Waals surface area contributed by atoms with Crippen LogP contribution in [0, 0.1) is 17.2 Å². The number of esters is 2. The van der Waals surface area contributed by atoms with Crippen molar-refractivity contribution < 1.29 is 71.3 Å². The first-order chi connectivity index (χ1) is 33.3. The van der Waals surface area contributed by atoms with Crippen molar-refractivity contribution in [1.82, 2.24) is 0 Å². The topological polar surface area (TPSA) is 269 Å². The van der Waals surface area contributed by atoms with E-state index in [1.54, 1.807) is 6.92 Å². The van der Waals surface area contributed by atoms with E-state index in [9.17, 15) is 37.2 Å². The molecule has 0 fully saturated rings. The molecule has 0 spiro atoms. The van der Waals surface area contributed by atoms with Gasteiger partial charge in [0.25, 0.3) is 10.1 Å². The number of carboxylic acid groups (broad SMARTS) is 2. The summed E-state index contributed by atoms with van der Waals surface area (Å²) in [5, 5.41) is 41.2. The summed E-state index contributed by atoms with van der Waals surface area (Å²) < 4.78 is 35.1. The largest absolute Gasteiger partial charge is 0.481 e. The standard InChI is InChI=1S/C14H24O4.C10H20O2.C9H16O4.C8H15N.C7H16O3S.C5H12O2/c1-4-18-14(17)10-8-6-5-7-9-13(11(2)15)12(3)16;1-3-5-6-7-8-9-10(11)12-4-2;10-8(11)6-4-2-1-3-5-7-9(12)13;1-2-3-4-5-6-7-8-9;1-3-4-5-6-7-10-11(2,8)9;6-4-2-1-3-5-7/h13H,4-10H2,1-3H3;3-9H2,1-2H3;1-7H2,(H,10,11)(H,12,13);2-7H2,1H3;3-7H2,1-2H3;6-7H,1-5H2. The zero-order valence-electron chi connectivity index (χ0n) is 45.4. The summed E-state index contributed by atoms with van der Waals surface area (Å²) in [5.41, 5.74) is 0. The van der Waals surface area contributed by atoms with Crippen LogP contribution in [0.25, 0.3) is 0 Å². The minimum Gasteiger partial charge on any atom is -0.481 e. The lowest BCUT2D eigenvalue weighted by Crippen LogP contribution is -2.19. The number of ether oxygens (including phenoxy) is 2. The third-order valence-electron chi connectivity index (χ3n) is 9.99. The molecular formula is C53H103NO15S. The third kappa shape index (κ3) is 87.6. The number of nitrogens with zero attached hydrogens (tertiary/aromatic N) is 1. The monoisotopic (exact) mass is 1030 g/mol. The molecule has 0 unspecified atom stereocenters. The van der Waals surface area contributed by atoms with E-state index < -0.39 is 28.0 Å². The van der Waals surface area contributed by atoms with E-state index in [4.69, 9.17) is 35.2 Å². The quantitative estimate of drug-likeness (QED) is 0.0192. The first-order valence-electron chi connectivity index (χ1n) is 26.5. The number of aliphatic carboxylic acids is 2. The highest BCUT2D eigenvalue weighted by Crippen LogP contribution is 2.14. The number of carboxylic acids is 2. The fourth-order valence-corrected chi connectivity index (χ4v) is 6.45. The molecule has 0 rings (SSSR count). The van der Waals surface area contributed by atoms with E-state index in [0.717, 1.165) is 122 Å². The van der Waals surface area contributed by atoms with Gasteiger partial charge in [-0.2, -0.15) is 13.7 Å². The summed E-state index contributed by atoms with van der Waals surface area (Å²) in [7, 11) is -3.21. The maximum atomic E-state index is 11.2.